The van der Waals surface area contributed by atoms with Crippen LogP contribution in [0.4, 0.5) is 5.69 Å². The number of benzene rings is 1. The first-order chi connectivity index (χ1) is 6.56. The standard InChI is InChI=1S/C8H8BrClN2O2/c9-7-3-5(10)4-8(12(13)14)6(7)1-2-11/h3-4H,1-2,11H2. The molecule has 0 aliphatic carbocycles. The van der Waals surface area contributed by atoms with Crippen molar-refractivity contribution in [2.75, 3.05) is 6.54 Å². The number of hydrogen-bond acceptors (Lipinski definition) is 3. The predicted molar refractivity (Wildman–Crippen MR) is 58.6 cm³/mol. The lowest BCUT2D eigenvalue weighted by Crippen LogP contribution is -2.06. The highest BCUT2D eigenvalue weighted by Gasteiger charge is 2.17. The van der Waals surface area contributed by atoms with Gasteiger partial charge in [0.15, 0.2) is 0 Å². The molecule has 0 atom stereocenters. The van der Waals surface area contributed by atoms with Crippen molar-refractivity contribution in [1.82, 2.24) is 0 Å². The third-order valence-corrected chi connectivity index (χ3v) is 2.65. The van der Waals surface area contributed by atoms with E-state index in [0.29, 0.717) is 28.0 Å². The van der Waals surface area contributed by atoms with E-state index in [0.717, 1.165) is 0 Å². The van der Waals surface area contributed by atoms with Crippen LogP contribution in [0.15, 0.2) is 16.6 Å². The Bertz CT molecular complexity index is 371. The topological polar surface area (TPSA) is 69.2 Å². The predicted octanol–water partition coefficient (Wildman–Crippen LogP) is 2.51. The van der Waals surface area contributed by atoms with Gasteiger partial charge in [-0.1, -0.05) is 27.5 Å². The quantitative estimate of drug-likeness (QED) is 0.683. The van der Waals surface area contributed by atoms with E-state index in [1.54, 1.807) is 6.07 Å². The maximum atomic E-state index is 10.7. The highest BCUT2D eigenvalue weighted by molar-refractivity contribution is 9.10. The number of nitro benzene ring substituents is 1. The van der Waals surface area contributed by atoms with E-state index in [1.807, 2.05) is 0 Å². The first-order valence-corrected chi connectivity index (χ1v) is 5.05. The van der Waals surface area contributed by atoms with E-state index in [-0.39, 0.29) is 5.69 Å². The SMILES string of the molecule is NCCc1c(Br)cc(Cl)cc1[N+](=O)[O-]. The van der Waals surface area contributed by atoms with Crippen LogP contribution in [-0.4, -0.2) is 11.5 Å². The van der Waals surface area contributed by atoms with Gasteiger partial charge in [-0.3, -0.25) is 10.1 Å². The van der Waals surface area contributed by atoms with Gasteiger partial charge in [-0.2, -0.15) is 0 Å². The van der Waals surface area contributed by atoms with E-state index in [4.69, 9.17) is 17.3 Å². The van der Waals surface area contributed by atoms with Crippen molar-refractivity contribution in [3.63, 3.8) is 0 Å². The van der Waals surface area contributed by atoms with Crippen molar-refractivity contribution >= 4 is 33.2 Å². The van der Waals surface area contributed by atoms with E-state index in [2.05, 4.69) is 15.9 Å². The second kappa shape index (κ2) is 4.72. The first-order valence-electron chi connectivity index (χ1n) is 3.88. The van der Waals surface area contributed by atoms with Gasteiger partial charge in [0, 0.05) is 21.1 Å². The molecule has 0 bridgehead atoms. The van der Waals surface area contributed by atoms with Gasteiger partial charge in [0.25, 0.3) is 5.69 Å². The summed E-state index contributed by atoms with van der Waals surface area (Å²) in [5.41, 5.74) is 5.95. The van der Waals surface area contributed by atoms with Crippen molar-refractivity contribution < 1.29 is 4.92 Å². The van der Waals surface area contributed by atoms with Crippen LogP contribution in [0.2, 0.25) is 5.02 Å². The number of nitrogens with two attached hydrogens (primary N) is 1. The summed E-state index contributed by atoms with van der Waals surface area (Å²) in [6.07, 6.45) is 0.452. The average molecular weight is 280 g/mol. The Hall–Kier alpha value is -0.650. The Kier molecular flexibility index (Phi) is 3.86. The Morgan fingerprint density at radius 3 is 2.71 bits per heavy atom. The first kappa shape index (κ1) is 11.4. The third-order valence-electron chi connectivity index (χ3n) is 1.73. The Morgan fingerprint density at radius 2 is 2.21 bits per heavy atom. The van der Waals surface area contributed by atoms with Crippen molar-refractivity contribution in [2.24, 2.45) is 5.73 Å². The van der Waals surface area contributed by atoms with Crippen LogP contribution in [0.1, 0.15) is 5.56 Å². The van der Waals surface area contributed by atoms with Gasteiger partial charge in [-0.05, 0) is 19.0 Å². The van der Waals surface area contributed by atoms with Crippen LogP contribution in [0, 0.1) is 10.1 Å². The Labute approximate surface area is 94.3 Å². The van der Waals surface area contributed by atoms with Gasteiger partial charge in [0.1, 0.15) is 0 Å². The zero-order chi connectivity index (χ0) is 10.7. The van der Waals surface area contributed by atoms with E-state index >= 15 is 0 Å². The second-order valence-electron chi connectivity index (χ2n) is 2.68. The number of nitro groups is 1. The molecule has 0 amide bonds. The normalized spacial score (nSPS) is 10.2. The molecule has 1 rings (SSSR count). The number of rotatable bonds is 3. The van der Waals surface area contributed by atoms with Crippen LogP contribution in [0.25, 0.3) is 0 Å². The summed E-state index contributed by atoms with van der Waals surface area (Å²) in [6, 6.07) is 2.96. The fraction of sp³-hybridized carbons (Fsp3) is 0.250. The largest absolute Gasteiger partial charge is 0.330 e. The van der Waals surface area contributed by atoms with Gasteiger partial charge in [0.2, 0.25) is 0 Å². The monoisotopic (exact) mass is 278 g/mol. The zero-order valence-corrected chi connectivity index (χ0v) is 9.51. The highest BCUT2D eigenvalue weighted by Crippen LogP contribution is 2.31. The summed E-state index contributed by atoms with van der Waals surface area (Å²) in [6.45, 7) is 0.362. The zero-order valence-electron chi connectivity index (χ0n) is 7.17. The lowest BCUT2D eigenvalue weighted by molar-refractivity contribution is -0.385. The average Bonchev–Trinajstić information content (AvgIpc) is 2.09. The molecule has 4 nitrogen and oxygen atoms in total. The molecule has 0 saturated carbocycles. The molecule has 0 radical (unpaired) electrons. The van der Waals surface area contributed by atoms with E-state index in [9.17, 15) is 10.1 Å². The van der Waals surface area contributed by atoms with Gasteiger partial charge in [-0.15, -0.1) is 0 Å². The van der Waals surface area contributed by atoms with Crippen molar-refractivity contribution in [3.8, 4) is 0 Å². The summed E-state index contributed by atoms with van der Waals surface area (Å²) >= 11 is 8.92. The molecule has 0 spiro atoms. The van der Waals surface area contributed by atoms with Crippen molar-refractivity contribution in [2.45, 2.75) is 6.42 Å². The van der Waals surface area contributed by atoms with E-state index < -0.39 is 4.92 Å². The number of nitrogens with zero attached hydrogens (tertiary/aromatic N) is 1. The molecule has 0 aromatic heterocycles. The molecule has 1 aromatic rings. The molecule has 1 aromatic carbocycles. The van der Waals surface area contributed by atoms with E-state index in [1.165, 1.54) is 6.07 Å². The molecule has 0 heterocycles. The highest BCUT2D eigenvalue weighted by atomic mass is 79.9. The minimum absolute atomic E-state index is 0.00910. The van der Waals surface area contributed by atoms with Gasteiger partial charge >= 0.3 is 0 Å². The molecule has 0 fully saturated rings. The van der Waals surface area contributed by atoms with Crippen molar-refractivity contribution in [3.05, 3.63) is 37.3 Å². The summed E-state index contributed by atoms with van der Waals surface area (Å²) < 4.78 is 0.627. The molecule has 0 aliphatic heterocycles. The third kappa shape index (κ3) is 2.43. The van der Waals surface area contributed by atoms with Crippen LogP contribution in [-0.2, 0) is 6.42 Å². The summed E-state index contributed by atoms with van der Waals surface area (Å²) in [4.78, 5) is 10.2. The minimum Gasteiger partial charge on any atom is -0.330 e. The van der Waals surface area contributed by atoms with Crippen LogP contribution >= 0.6 is 27.5 Å². The fourth-order valence-electron chi connectivity index (χ4n) is 1.14. The lowest BCUT2D eigenvalue weighted by Gasteiger charge is -2.04. The van der Waals surface area contributed by atoms with Gasteiger partial charge < -0.3 is 5.73 Å². The maximum absolute atomic E-state index is 10.7. The number of hydrogen-bond donors (Lipinski definition) is 1. The number of halogens is 2. The summed E-state index contributed by atoms with van der Waals surface area (Å²) in [5, 5.41) is 11.0. The van der Waals surface area contributed by atoms with Crippen LogP contribution < -0.4 is 5.73 Å². The van der Waals surface area contributed by atoms with Gasteiger partial charge in [-0.25, -0.2) is 0 Å². The molecule has 14 heavy (non-hydrogen) atoms. The Balaban J connectivity index is 3.28. The molecular formula is C8H8BrClN2O2. The minimum atomic E-state index is -0.457. The smallest absolute Gasteiger partial charge is 0.275 e. The molecule has 2 N–H and O–H groups in total. The molecular weight excluding hydrogens is 271 g/mol. The van der Waals surface area contributed by atoms with Crippen LogP contribution in [0.5, 0.6) is 0 Å². The molecule has 0 saturated heterocycles. The fourth-order valence-corrected chi connectivity index (χ4v) is 2.14. The molecule has 76 valence electrons. The lowest BCUT2D eigenvalue weighted by atomic mass is 10.1. The van der Waals surface area contributed by atoms with Gasteiger partial charge in [0.05, 0.1) is 4.92 Å². The molecule has 0 unspecified atom stereocenters. The van der Waals surface area contributed by atoms with Crippen molar-refractivity contribution in [1.29, 1.82) is 0 Å². The summed E-state index contributed by atoms with van der Waals surface area (Å²) in [5.74, 6) is 0. The summed E-state index contributed by atoms with van der Waals surface area (Å²) in [7, 11) is 0. The second-order valence-corrected chi connectivity index (χ2v) is 3.97. The van der Waals surface area contributed by atoms with Crippen LogP contribution in [0.3, 0.4) is 0 Å². The Morgan fingerprint density at radius 1 is 1.57 bits per heavy atom. The molecule has 0 aliphatic rings. The maximum Gasteiger partial charge on any atom is 0.275 e. The molecule has 6 heteroatoms.